The van der Waals surface area contributed by atoms with Crippen molar-refractivity contribution < 1.29 is 0 Å². The number of thiophene rings is 1. The van der Waals surface area contributed by atoms with E-state index in [1.165, 1.54) is 10.4 Å². The average Bonchev–Trinajstić information content (AvgIpc) is 2.62. The van der Waals surface area contributed by atoms with Gasteiger partial charge in [0.15, 0.2) is 0 Å². The molecule has 2 rings (SSSR count). The van der Waals surface area contributed by atoms with Crippen molar-refractivity contribution in [3.8, 4) is 0 Å². The number of hydrogen-bond donors (Lipinski definition) is 0. The molecular weight excluding hydrogens is 298 g/mol. The average molecular weight is 316 g/mol. The molecule has 0 unspecified atom stereocenters. The van der Waals surface area contributed by atoms with E-state index in [4.69, 9.17) is 11.6 Å². The highest BCUT2D eigenvalue weighted by atomic mass is 35.5. The number of aryl methyl sites for hydroxylation is 2. The Hall–Kier alpha value is -0.360. The third-order valence-electron chi connectivity index (χ3n) is 3.12. The molecule has 0 aliphatic carbocycles. The van der Waals surface area contributed by atoms with Crippen molar-refractivity contribution >= 4 is 44.9 Å². The molecule has 6 heteroatoms. The van der Waals surface area contributed by atoms with E-state index in [9.17, 15) is 0 Å². The van der Waals surface area contributed by atoms with Gasteiger partial charge in [0.25, 0.3) is 0 Å². The van der Waals surface area contributed by atoms with E-state index >= 15 is 0 Å². The lowest BCUT2D eigenvalue weighted by molar-refractivity contribution is 0.340. The molecule has 0 saturated heterocycles. The lowest BCUT2D eigenvalue weighted by atomic mass is 10.2. The van der Waals surface area contributed by atoms with Crippen LogP contribution in [-0.4, -0.2) is 40.5 Å². The molecule has 0 fully saturated rings. The fourth-order valence-electron chi connectivity index (χ4n) is 1.88. The summed E-state index contributed by atoms with van der Waals surface area (Å²) in [6.07, 6.45) is 2.12. The van der Waals surface area contributed by atoms with Gasteiger partial charge in [0.05, 0.1) is 11.9 Å². The molecule has 0 aliphatic heterocycles. The van der Waals surface area contributed by atoms with Crippen LogP contribution in [0.3, 0.4) is 0 Å². The van der Waals surface area contributed by atoms with Gasteiger partial charge in [0.2, 0.25) is 0 Å². The minimum absolute atomic E-state index is 0.583. The van der Waals surface area contributed by atoms with Crippen molar-refractivity contribution in [2.24, 2.45) is 0 Å². The molecule has 0 amide bonds. The van der Waals surface area contributed by atoms with Crippen LogP contribution >= 0.6 is 34.7 Å². The van der Waals surface area contributed by atoms with Crippen molar-refractivity contribution in [2.45, 2.75) is 20.4 Å². The number of nitrogens with zero attached hydrogens (tertiary/aromatic N) is 3. The zero-order chi connectivity index (χ0) is 14.0. The zero-order valence-corrected chi connectivity index (χ0v) is 14.0. The number of thioether (sulfide) groups is 1. The van der Waals surface area contributed by atoms with Crippen molar-refractivity contribution in [3.63, 3.8) is 0 Å². The Bertz CT molecular complexity index is 583. The normalized spacial score (nSPS) is 11.7. The van der Waals surface area contributed by atoms with E-state index in [1.54, 1.807) is 11.3 Å². The highest BCUT2D eigenvalue weighted by Crippen LogP contribution is 2.32. The van der Waals surface area contributed by atoms with Gasteiger partial charge >= 0.3 is 0 Å². The molecule has 0 N–H and O–H groups in total. The SMILES string of the molecule is CSCCN(C)Cc1nc(Cl)c2c(C)c(C)sc2n1. The maximum atomic E-state index is 6.30. The van der Waals surface area contributed by atoms with Crippen molar-refractivity contribution in [1.29, 1.82) is 0 Å². The zero-order valence-electron chi connectivity index (χ0n) is 11.7. The van der Waals surface area contributed by atoms with Crippen LogP contribution in [-0.2, 0) is 6.54 Å². The molecule has 0 spiro atoms. The van der Waals surface area contributed by atoms with Crippen LogP contribution in [0, 0.1) is 13.8 Å². The number of aromatic nitrogens is 2. The summed E-state index contributed by atoms with van der Waals surface area (Å²) in [5, 5.41) is 1.60. The predicted octanol–water partition coefficient (Wildman–Crippen LogP) is 3.76. The van der Waals surface area contributed by atoms with Crippen LogP contribution in [0.4, 0.5) is 0 Å². The topological polar surface area (TPSA) is 29.0 Å². The van der Waals surface area contributed by atoms with Gasteiger partial charge in [0.1, 0.15) is 15.8 Å². The number of rotatable bonds is 5. The first-order chi connectivity index (χ1) is 9.02. The summed E-state index contributed by atoms with van der Waals surface area (Å²) >= 11 is 9.84. The minimum Gasteiger partial charge on any atom is -0.298 e. The first-order valence-electron chi connectivity index (χ1n) is 6.12. The predicted molar refractivity (Wildman–Crippen MR) is 86.6 cm³/mol. The largest absolute Gasteiger partial charge is 0.298 e. The van der Waals surface area contributed by atoms with Gasteiger partial charge in [-0.2, -0.15) is 11.8 Å². The van der Waals surface area contributed by atoms with Gasteiger partial charge in [-0.1, -0.05) is 11.6 Å². The highest BCUT2D eigenvalue weighted by molar-refractivity contribution is 7.98. The molecular formula is C13H18ClN3S2. The molecule has 0 aliphatic rings. The molecule has 104 valence electrons. The summed E-state index contributed by atoms with van der Waals surface area (Å²) in [6.45, 7) is 5.95. The standard InChI is InChI=1S/C13H18ClN3S2/c1-8-9(2)19-13-11(8)12(14)15-10(16-13)7-17(3)5-6-18-4/h5-7H2,1-4H3. The van der Waals surface area contributed by atoms with Crippen molar-refractivity contribution in [2.75, 3.05) is 25.6 Å². The van der Waals surface area contributed by atoms with E-state index in [1.807, 2.05) is 11.8 Å². The molecule has 0 aromatic carbocycles. The van der Waals surface area contributed by atoms with Crippen LogP contribution in [0.25, 0.3) is 10.2 Å². The molecule has 19 heavy (non-hydrogen) atoms. The number of hydrogen-bond acceptors (Lipinski definition) is 5. The lowest BCUT2D eigenvalue weighted by Gasteiger charge is -2.14. The Kier molecular flexibility index (Phi) is 5.06. The van der Waals surface area contributed by atoms with Gasteiger partial charge in [-0.3, -0.25) is 4.90 Å². The van der Waals surface area contributed by atoms with Crippen LogP contribution in [0.2, 0.25) is 5.15 Å². The van der Waals surface area contributed by atoms with Gasteiger partial charge in [0, 0.05) is 17.2 Å². The van der Waals surface area contributed by atoms with Crippen LogP contribution in [0.5, 0.6) is 0 Å². The van der Waals surface area contributed by atoms with E-state index in [-0.39, 0.29) is 0 Å². The second-order valence-corrected chi connectivity index (χ2v) is 7.17. The molecule has 2 heterocycles. The van der Waals surface area contributed by atoms with E-state index in [2.05, 4.69) is 42.0 Å². The minimum atomic E-state index is 0.583. The Morgan fingerprint density at radius 3 is 2.74 bits per heavy atom. The smallest absolute Gasteiger partial charge is 0.145 e. The maximum absolute atomic E-state index is 6.30. The fourth-order valence-corrected chi connectivity index (χ4v) is 3.81. The third-order valence-corrected chi connectivity index (χ3v) is 5.08. The fraction of sp³-hybridized carbons (Fsp3) is 0.538. The Morgan fingerprint density at radius 1 is 1.32 bits per heavy atom. The Morgan fingerprint density at radius 2 is 2.05 bits per heavy atom. The summed E-state index contributed by atoms with van der Waals surface area (Å²) in [5.41, 5.74) is 1.20. The van der Waals surface area contributed by atoms with Gasteiger partial charge in [-0.05, 0) is 32.7 Å². The second-order valence-electron chi connectivity index (χ2n) is 4.62. The van der Waals surface area contributed by atoms with Crippen molar-refractivity contribution in [3.05, 3.63) is 21.4 Å². The van der Waals surface area contributed by atoms with Gasteiger partial charge < -0.3 is 0 Å². The molecule has 0 radical (unpaired) electrons. The van der Waals surface area contributed by atoms with Crippen LogP contribution < -0.4 is 0 Å². The molecule has 0 bridgehead atoms. The molecule has 2 aromatic rings. The summed E-state index contributed by atoms with van der Waals surface area (Å²) in [7, 11) is 2.09. The molecule has 2 aromatic heterocycles. The summed E-state index contributed by atoms with van der Waals surface area (Å²) < 4.78 is 0. The molecule has 0 atom stereocenters. The van der Waals surface area contributed by atoms with E-state index < -0.39 is 0 Å². The first-order valence-corrected chi connectivity index (χ1v) is 8.71. The maximum Gasteiger partial charge on any atom is 0.145 e. The quantitative estimate of drug-likeness (QED) is 0.786. The number of fused-ring (bicyclic) bond motifs is 1. The van der Waals surface area contributed by atoms with E-state index in [0.717, 1.165) is 34.9 Å². The summed E-state index contributed by atoms with van der Waals surface area (Å²) in [5.74, 6) is 1.92. The van der Waals surface area contributed by atoms with Crippen LogP contribution in [0.15, 0.2) is 0 Å². The second kappa shape index (κ2) is 6.39. The first kappa shape index (κ1) is 15.0. The van der Waals surface area contributed by atoms with E-state index in [0.29, 0.717) is 5.15 Å². The number of halogens is 1. The summed E-state index contributed by atoms with van der Waals surface area (Å²) in [4.78, 5) is 13.6. The highest BCUT2D eigenvalue weighted by Gasteiger charge is 2.13. The van der Waals surface area contributed by atoms with Gasteiger partial charge in [-0.25, -0.2) is 9.97 Å². The molecule has 0 saturated carbocycles. The van der Waals surface area contributed by atoms with Crippen LogP contribution in [0.1, 0.15) is 16.3 Å². The van der Waals surface area contributed by atoms with Crippen molar-refractivity contribution in [1.82, 2.24) is 14.9 Å². The lowest BCUT2D eigenvalue weighted by Crippen LogP contribution is -2.22. The van der Waals surface area contributed by atoms with Gasteiger partial charge in [-0.15, -0.1) is 11.3 Å². The Balaban J connectivity index is 2.26. The third kappa shape index (κ3) is 3.40. The monoisotopic (exact) mass is 315 g/mol. The Labute approximate surface area is 127 Å². The molecule has 3 nitrogen and oxygen atoms in total. The summed E-state index contributed by atoms with van der Waals surface area (Å²) in [6, 6.07) is 0.